The summed E-state index contributed by atoms with van der Waals surface area (Å²) >= 11 is 1.61. The summed E-state index contributed by atoms with van der Waals surface area (Å²) < 4.78 is 11.1. The van der Waals surface area contributed by atoms with E-state index in [-0.39, 0.29) is 24.4 Å². The van der Waals surface area contributed by atoms with Crippen molar-refractivity contribution in [2.24, 2.45) is 0 Å². The van der Waals surface area contributed by atoms with Gasteiger partial charge in [-0.3, -0.25) is 9.59 Å². The normalized spacial score (nSPS) is 18.8. The van der Waals surface area contributed by atoms with E-state index in [1.165, 1.54) is 0 Å². The molecule has 0 radical (unpaired) electrons. The van der Waals surface area contributed by atoms with Crippen LogP contribution in [0.1, 0.15) is 27.2 Å². The van der Waals surface area contributed by atoms with E-state index < -0.39 is 0 Å². The van der Waals surface area contributed by atoms with Gasteiger partial charge in [0.2, 0.25) is 5.91 Å². The first kappa shape index (κ1) is 17.9. The van der Waals surface area contributed by atoms with Crippen LogP contribution < -0.4 is 14.8 Å². The number of thiophene rings is 1. The lowest BCUT2D eigenvalue weighted by atomic mass is 10.0. The Labute approximate surface area is 162 Å². The van der Waals surface area contributed by atoms with Crippen molar-refractivity contribution in [2.75, 3.05) is 26.8 Å². The predicted octanol–water partition coefficient (Wildman–Crippen LogP) is 2.27. The molecule has 2 aliphatic heterocycles. The summed E-state index contributed by atoms with van der Waals surface area (Å²) in [5, 5.41) is 4.95. The second kappa shape index (κ2) is 7.60. The molecule has 0 spiro atoms. The highest BCUT2D eigenvalue weighted by atomic mass is 32.1. The molecule has 1 N–H and O–H groups in total. The Balaban J connectivity index is 1.38. The maximum Gasteiger partial charge on any atom is 0.255 e. The number of carbonyl (C=O) groups excluding carboxylic acids is 2. The zero-order valence-corrected chi connectivity index (χ0v) is 16.0. The number of fused-ring (bicyclic) bond motifs is 2. The number of hydrogen-bond acceptors (Lipinski definition) is 5. The lowest BCUT2D eigenvalue weighted by molar-refractivity contribution is -0.122. The highest BCUT2D eigenvalue weighted by Gasteiger charge is 2.27. The molecule has 142 valence electrons. The molecular formula is C20H22N2O4S. The molecule has 3 heterocycles. The molecule has 4 rings (SSSR count). The summed E-state index contributed by atoms with van der Waals surface area (Å²) in [6, 6.07) is 7.50. The number of para-hydroxylation sites is 1. The Hall–Kier alpha value is -2.54. The third-order valence-corrected chi connectivity index (χ3v) is 5.95. The van der Waals surface area contributed by atoms with Crippen LogP contribution in [0.4, 0.5) is 0 Å². The van der Waals surface area contributed by atoms with Gasteiger partial charge in [-0.1, -0.05) is 12.1 Å². The number of benzene rings is 1. The van der Waals surface area contributed by atoms with E-state index >= 15 is 0 Å². The molecule has 1 aromatic heterocycles. The van der Waals surface area contributed by atoms with Crippen LogP contribution in [0.25, 0.3) is 0 Å². The molecule has 27 heavy (non-hydrogen) atoms. The van der Waals surface area contributed by atoms with E-state index in [0.29, 0.717) is 25.3 Å². The fraction of sp³-hybridized carbons (Fsp3) is 0.400. The minimum atomic E-state index is -0.151. The SMILES string of the molecule is COc1cccc2c1OCC(NC(=O)CN1CCCc3sccc3C1=O)C2. The monoisotopic (exact) mass is 386 g/mol. The first-order valence-electron chi connectivity index (χ1n) is 9.09. The van der Waals surface area contributed by atoms with E-state index in [0.717, 1.165) is 34.6 Å². The average molecular weight is 386 g/mol. The van der Waals surface area contributed by atoms with Gasteiger partial charge in [0.25, 0.3) is 5.91 Å². The van der Waals surface area contributed by atoms with Gasteiger partial charge in [-0.05, 0) is 36.8 Å². The Morgan fingerprint density at radius 2 is 2.30 bits per heavy atom. The van der Waals surface area contributed by atoms with Crippen molar-refractivity contribution < 1.29 is 19.1 Å². The molecule has 1 aromatic carbocycles. The number of amides is 2. The van der Waals surface area contributed by atoms with Gasteiger partial charge in [0.1, 0.15) is 6.61 Å². The number of methoxy groups -OCH3 is 1. The smallest absolute Gasteiger partial charge is 0.255 e. The fourth-order valence-corrected chi connectivity index (χ4v) is 4.59. The lowest BCUT2D eigenvalue weighted by Crippen LogP contribution is -2.47. The summed E-state index contributed by atoms with van der Waals surface area (Å²) in [5.74, 6) is 1.26. The molecule has 2 amide bonds. The second-order valence-corrected chi connectivity index (χ2v) is 7.82. The summed E-state index contributed by atoms with van der Waals surface area (Å²) in [5.41, 5.74) is 1.76. The number of aryl methyl sites for hydroxylation is 1. The summed E-state index contributed by atoms with van der Waals surface area (Å²) in [4.78, 5) is 28.0. The largest absolute Gasteiger partial charge is 0.493 e. The van der Waals surface area contributed by atoms with E-state index in [1.807, 2.05) is 29.6 Å². The van der Waals surface area contributed by atoms with Crippen LogP contribution >= 0.6 is 11.3 Å². The van der Waals surface area contributed by atoms with Crippen LogP contribution in [0.2, 0.25) is 0 Å². The standard InChI is InChI=1S/C20H22N2O4S/c1-25-16-5-2-4-13-10-14(12-26-19(13)16)21-18(23)11-22-8-3-6-17-15(20(22)24)7-9-27-17/h2,4-5,7,9,14H,3,6,8,10-12H2,1H3,(H,21,23). The number of hydrogen-bond donors (Lipinski definition) is 1. The topological polar surface area (TPSA) is 67.9 Å². The summed E-state index contributed by atoms with van der Waals surface area (Å²) in [7, 11) is 1.62. The van der Waals surface area contributed by atoms with Gasteiger partial charge in [-0.25, -0.2) is 0 Å². The van der Waals surface area contributed by atoms with Crippen LogP contribution in [0, 0.1) is 0 Å². The van der Waals surface area contributed by atoms with Gasteiger partial charge in [0, 0.05) is 17.0 Å². The Kier molecular flexibility index (Phi) is 5.03. The van der Waals surface area contributed by atoms with Crippen LogP contribution in [0.5, 0.6) is 11.5 Å². The number of rotatable bonds is 4. The zero-order chi connectivity index (χ0) is 18.8. The van der Waals surface area contributed by atoms with Crippen molar-refractivity contribution in [1.82, 2.24) is 10.2 Å². The summed E-state index contributed by atoms with van der Waals surface area (Å²) in [6.45, 7) is 1.08. The van der Waals surface area contributed by atoms with Gasteiger partial charge in [-0.15, -0.1) is 11.3 Å². The molecule has 0 bridgehead atoms. The van der Waals surface area contributed by atoms with E-state index in [2.05, 4.69) is 5.32 Å². The van der Waals surface area contributed by atoms with E-state index in [1.54, 1.807) is 23.3 Å². The number of ether oxygens (including phenoxy) is 2. The lowest BCUT2D eigenvalue weighted by Gasteiger charge is -2.28. The molecule has 0 fully saturated rings. The molecule has 6 nitrogen and oxygen atoms in total. The van der Waals surface area contributed by atoms with Crippen LogP contribution in [-0.2, 0) is 17.6 Å². The number of nitrogens with one attached hydrogen (secondary N) is 1. The molecule has 2 aromatic rings. The molecule has 0 aliphatic carbocycles. The number of nitrogens with zero attached hydrogens (tertiary/aromatic N) is 1. The molecule has 1 atom stereocenters. The molecule has 1 unspecified atom stereocenters. The van der Waals surface area contributed by atoms with Gasteiger partial charge in [0.05, 0.1) is 25.3 Å². The minimum Gasteiger partial charge on any atom is -0.493 e. The highest BCUT2D eigenvalue weighted by Crippen LogP contribution is 2.34. The van der Waals surface area contributed by atoms with Crippen molar-refractivity contribution >= 4 is 23.2 Å². The average Bonchev–Trinajstić information content (AvgIpc) is 3.09. The van der Waals surface area contributed by atoms with E-state index in [9.17, 15) is 9.59 Å². The van der Waals surface area contributed by atoms with Crippen molar-refractivity contribution in [3.63, 3.8) is 0 Å². The maximum atomic E-state index is 12.7. The van der Waals surface area contributed by atoms with Gasteiger partial charge >= 0.3 is 0 Å². The zero-order valence-electron chi connectivity index (χ0n) is 15.2. The molecule has 0 saturated heterocycles. The van der Waals surface area contributed by atoms with Crippen molar-refractivity contribution in [3.8, 4) is 11.5 Å². The Morgan fingerprint density at radius 1 is 1.41 bits per heavy atom. The van der Waals surface area contributed by atoms with Crippen molar-refractivity contribution in [1.29, 1.82) is 0 Å². The minimum absolute atomic E-state index is 0.0473. The van der Waals surface area contributed by atoms with Crippen molar-refractivity contribution in [3.05, 3.63) is 45.6 Å². The van der Waals surface area contributed by atoms with Crippen LogP contribution in [0.15, 0.2) is 29.6 Å². The quantitative estimate of drug-likeness (QED) is 0.875. The second-order valence-electron chi connectivity index (χ2n) is 6.82. The van der Waals surface area contributed by atoms with Gasteiger partial charge in [0.15, 0.2) is 11.5 Å². The molecule has 0 saturated carbocycles. The third-order valence-electron chi connectivity index (χ3n) is 4.97. The Bertz CT molecular complexity index is 863. The molecule has 7 heteroatoms. The first-order valence-corrected chi connectivity index (χ1v) is 9.97. The summed E-state index contributed by atoms with van der Waals surface area (Å²) in [6.07, 6.45) is 2.46. The van der Waals surface area contributed by atoms with Crippen LogP contribution in [0.3, 0.4) is 0 Å². The first-order chi connectivity index (χ1) is 13.2. The third kappa shape index (κ3) is 3.64. The van der Waals surface area contributed by atoms with Gasteiger partial charge in [-0.2, -0.15) is 0 Å². The number of carbonyl (C=O) groups is 2. The Morgan fingerprint density at radius 3 is 3.15 bits per heavy atom. The highest BCUT2D eigenvalue weighted by molar-refractivity contribution is 7.10. The van der Waals surface area contributed by atoms with Crippen molar-refractivity contribution in [2.45, 2.75) is 25.3 Å². The molecule has 2 aliphatic rings. The van der Waals surface area contributed by atoms with Crippen LogP contribution in [-0.4, -0.2) is 49.6 Å². The van der Waals surface area contributed by atoms with E-state index in [4.69, 9.17) is 9.47 Å². The van der Waals surface area contributed by atoms with Gasteiger partial charge < -0.3 is 19.7 Å². The molecular weight excluding hydrogens is 364 g/mol. The predicted molar refractivity (Wildman–Crippen MR) is 103 cm³/mol. The fourth-order valence-electron chi connectivity index (χ4n) is 3.67. The maximum absolute atomic E-state index is 12.7.